The zero-order chi connectivity index (χ0) is 12.0. The average molecular weight is 231 g/mol. The molecule has 1 aromatic rings. The molecule has 0 aliphatic carbocycles. The van der Waals surface area contributed by atoms with Gasteiger partial charge in [-0.2, -0.15) is 0 Å². The Bertz CT molecular complexity index is 332. The molecule has 0 aliphatic heterocycles. The highest BCUT2D eigenvalue weighted by molar-refractivity contribution is 5.43. The van der Waals surface area contributed by atoms with Crippen LogP contribution >= 0.6 is 0 Å². The third kappa shape index (κ3) is 3.66. The highest BCUT2D eigenvalue weighted by Gasteiger charge is 2.09. The predicted molar refractivity (Wildman–Crippen MR) is 57.0 cm³/mol. The van der Waals surface area contributed by atoms with Gasteiger partial charge in [0.05, 0.1) is 6.61 Å². The molecular weight excluding hydrogens is 216 g/mol. The molecule has 0 atom stereocenters. The molecule has 3 nitrogen and oxygen atoms in total. The van der Waals surface area contributed by atoms with Crippen molar-refractivity contribution in [1.29, 1.82) is 0 Å². The van der Waals surface area contributed by atoms with Crippen molar-refractivity contribution < 1.29 is 18.3 Å². The zero-order valence-corrected chi connectivity index (χ0v) is 9.08. The van der Waals surface area contributed by atoms with Crippen LogP contribution in [-0.2, 0) is 6.54 Å². The van der Waals surface area contributed by atoms with Gasteiger partial charge in [0.15, 0.2) is 11.5 Å². The first kappa shape index (κ1) is 12.7. The zero-order valence-electron chi connectivity index (χ0n) is 9.08. The standard InChI is InChI=1S/C11H15F2NO2/c1-2-15-10-5-8(6-14)3-4-9(10)16-7-11(12)13/h3-5,11H,2,6-7,14H2,1H3. The summed E-state index contributed by atoms with van der Waals surface area (Å²) in [6.07, 6.45) is -2.50. The Morgan fingerprint density at radius 1 is 1.25 bits per heavy atom. The smallest absolute Gasteiger partial charge is 0.272 e. The van der Waals surface area contributed by atoms with Gasteiger partial charge in [0.25, 0.3) is 6.43 Å². The van der Waals surface area contributed by atoms with Crippen LogP contribution in [-0.4, -0.2) is 19.6 Å². The van der Waals surface area contributed by atoms with Crippen molar-refractivity contribution in [2.24, 2.45) is 5.73 Å². The van der Waals surface area contributed by atoms with Gasteiger partial charge in [-0.1, -0.05) is 6.07 Å². The van der Waals surface area contributed by atoms with Crippen LogP contribution in [0.3, 0.4) is 0 Å². The summed E-state index contributed by atoms with van der Waals surface area (Å²) in [4.78, 5) is 0. The van der Waals surface area contributed by atoms with Gasteiger partial charge in [0, 0.05) is 6.54 Å². The molecule has 1 rings (SSSR count). The maximum atomic E-state index is 12.0. The number of rotatable bonds is 6. The van der Waals surface area contributed by atoms with E-state index in [0.29, 0.717) is 24.7 Å². The van der Waals surface area contributed by atoms with Gasteiger partial charge in [-0.15, -0.1) is 0 Å². The Labute approximate surface area is 93.2 Å². The quantitative estimate of drug-likeness (QED) is 0.816. The van der Waals surface area contributed by atoms with Gasteiger partial charge >= 0.3 is 0 Å². The predicted octanol–water partition coefficient (Wildman–Crippen LogP) is 2.19. The summed E-state index contributed by atoms with van der Waals surface area (Å²) in [5, 5.41) is 0. The minimum atomic E-state index is -2.50. The van der Waals surface area contributed by atoms with Crippen molar-refractivity contribution in [3.63, 3.8) is 0 Å². The lowest BCUT2D eigenvalue weighted by molar-refractivity contribution is 0.0801. The number of halogens is 2. The molecule has 0 radical (unpaired) electrons. The topological polar surface area (TPSA) is 44.5 Å². The molecule has 0 fully saturated rings. The van der Waals surface area contributed by atoms with Gasteiger partial charge < -0.3 is 15.2 Å². The van der Waals surface area contributed by atoms with Gasteiger partial charge in [0.1, 0.15) is 6.61 Å². The maximum absolute atomic E-state index is 12.0. The minimum Gasteiger partial charge on any atom is -0.490 e. The molecule has 2 N–H and O–H groups in total. The molecule has 1 aromatic carbocycles. The normalized spacial score (nSPS) is 10.6. The lowest BCUT2D eigenvalue weighted by Crippen LogP contribution is -2.08. The van der Waals surface area contributed by atoms with Crippen molar-refractivity contribution in [2.75, 3.05) is 13.2 Å². The van der Waals surface area contributed by atoms with E-state index < -0.39 is 13.0 Å². The van der Waals surface area contributed by atoms with E-state index in [4.69, 9.17) is 15.2 Å². The summed E-state index contributed by atoms with van der Waals surface area (Å²) in [5.74, 6) is 0.769. The number of alkyl halides is 2. The van der Waals surface area contributed by atoms with Crippen LogP contribution in [0.5, 0.6) is 11.5 Å². The van der Waals surface area contributed by atoms with Crippen LogP contribution in [0, 0.1) is 0 Å². The van der Waals surface area contributed by atoms with E-state index in [2.05, 4.69) is 0 Å². The fourth-order valence-corrected chi connectivity index (χ4v) is 1.22. The molecule has 0 bridgehead atoms. The largest absolute Gasteiger partial charge is 0.490 e. The highest BCUT2D eigenvalue weighted by Crippen LogP contribution is 2.28. The van der Waals surface area contributed by atoms with E-state index >= 15 is 0 Å². The second-order valence-electron chi connectivity index (χ2n) is 3.12. The van der Waals surface area contributed by atoms with E-state index in [1.165, 1.54) is 0 Å². The Morgan fingerprint density at radius 2 is 2.00 bits per heavy atom. The third-order valence-electron chi connectivity index (χ3n) is 1.91. The van der Waals surface area contributed by atoms with Gasteiger partial charge in [-0.05, 0) is 24.6 Å². The summed E-state index contributed by atoms with van der Waals surface area (Å²) in [6, 6.07) is 5.02. The summed E-state index contributed by atoms with van der Waals surface area (Å²) >= 11 is 0. The molecule has 0 heterocycles. The van der Waals surface area contributed by atoms with Crippen LogP contribution < -0.4 is 15.2 Å². The van der Waals surface area contributed by atoms with Crippen molar-refractivity contribution in [1.82, 2.24) is 0 Å². The van der Waals surface area contributed by atoms with E-state index in [9.17, 15) is 8.78 Å². The van der Waals surface area contributed by atoms with Gasteiger partial charge in [0.2, 0.25) is 0 Å². The molecular formula is C11H15F2NO2. The second-order valence-corrected chi connectivity index (χ2v) is 3.12. The molecule has 0 saturated carbocycles. The highest BCUT2D eigenvalue weighted by atomic mass is 19.3. The second kappa shape index (κ2) is 6.27. The molecule has 0 spiro atoms. The van der Waals surface area contributed by atoms with Crippen LogP contribution in [0.15, 0.2) is 18.2 Å². The monoisotopic (exact) mass is 231 g/mol. The summed E-state index contributed by atoms with van der Waals surface area (Å²) in [7, 11) is 0. The Kier molecular flexibility index (Phi) is 4.98. The van der Waals surface area contributed by atoms with E-state index in [1.807, 2.05) is 6.92 Å². The molecule has 16 heavy (non-hydrogen) atoms. The van der Waals surface area contributed by atoms with Crippen molar-refractivity contribution in [2.45, 2.75) is 19.9 Å². The molecule has 0 aromatic heterocycles. The molecule has 0 amide bonds. The molecule has 90 valence electrons. The van der Waals surface area contributed by atoms with Crippen LogP contribution in [0.2, 0.25) is 0 Å². The lowest BCUT2D eigenvalue weighted by atomic mass is 10.2. The molecule has 0 aliphatic rings. The third-order valence-corrected chi connectivity index (χ3v) is 1.91. The Hall–Kier alpha value is -1.36. The number of ether oxygens (including phenoxy) is 2. The summed E-state index contributed by atoms with van der Waals surface area (Å²) in [5.41, 5.74) is 6.34. The van der Waals surface area contributed by atoms with E-state index in [-0.39, 0.29) is 0 Å². The molecule has 0 unspecified atom stereocenters. The van der Waals surface area contributed by atoms with Crippen LogP contribution in [0.25, 0.3) is 0 Å². The Balaban J connectivity index is 2.80. The first-order valence-corrected chi connectivity index (χ1v) is 5.04. The average Bonchev–Trinajstić information content (AvgIpc) is 2.27. The van der Waals surface area contributed by atoms with E-state index in [1.54, 1.807) is 18.2 Å². The van der Waals surface area contributed by atoms with E-state index in [0.717, 1.165) is 5.56 Å². The molecule has 0 saturated heterocycles. The van der Waals surface area contributed by atoms with Crippen molar-refractivity contribution in [3.05, 3.63) is 23.8 Å². The van der Waals surface area contributed by atoms with Gasteiger partial charge in [-0.3, -0.25) is 0 Å². The number of hydrogen-bond acceptors (Lipinski definition) is 3. The molecule has 5 heteroatoms. The lowest BCUT2D eigenvalue weighted by Gasteiger charge is -2.12. The van der Waals surface area contributed by atoms with Crippen LogP contribution in [0.1, 0.15) is 12.5 Å². The fourth-order valence-electron chi connectivity index (χ4n) is 1.22. The number of hydrogen-bond donors (Lipinski definition) is 1. The number of benzene rings is 1. The SMILES string of the molecule is CCOc1cc(CN)ccc1OCC(F)F. The first-order valence-electron chi connectivity index (χ1n) is 5.04. The van der Waals surface area contributed by atoms with Crippen LogP contribution in [0.4, 0.5) is 8.78 Å². The fraction of sp³-hybridized carbons (Fsp3) is 0.455. The first-order chi connectivity index (χ1) is 7.67. The Morgan fingerprint density at radius 3 is 2.56 bits per heavy atom. The van der Waals surface area contributed by atoms with Gasteiger partial charge in [-0.25, -0.2) is 8.78 Å². The maximum Gasteiger partial charge on any atom is 0.272 e. The summed E-state index contributed by atoms with van der Waals surface area (Å²) in [6.45, 7) is 1.99. The minimum absolute atomic E-state index is 0.319. The van der Waals surface area contributed by atoms with Crippen molar-refractivity contribution >= 4 is 0 Å². The summed E-state index contributed by atoms with van der Waals surface area (Å²) < 4.78 is 34.2. The van der Waals surface area contributed by atoms with Crippen molar-refractivity contribution in [3.8, 4) is 11.5 Å². The number of nitrogens with two attached hydrogens (primary N) is 1.